The minimum atomic E-state index is -0.563. The van der Waals surface area contributed by atoms with E-state index in [9.17, 15) is 9.18 Å². The molecule has 4 rings (SSSR count). The van der Waals surface area contributed by atoms with Crippen LogP contribution in [0.2, 0.25) is 5.02 Å². The first kappa shape index (κ1) is 21.3. The van der Waals surface area contributed by atoms with Crippen LogP contribution < -0.4 is 10.1 Å². The Kier molecular flexibility index (Phi) is 6.53. The molecule has 162 valence electrons. The number of carbonyl (C=O) groups excluding carboxylic acids is 1. The zero-order valence-electron chi connectivity index (χ0n) is 17.3. The Morgan fingerprint density at radius 3 is 2.71 bits per heavy atom. The lowest BCUT2D eigenvalue weighted by Gasteiger charge is -2.17. The second-order valence-corrected chi connectivity index (χ2v) is 7.94. The van der Waals surface area contributed by atoms with Gasteiger partial charge in [0.2, 0.25) is 0 Å². The summed E-state index contributed by atoms with van der Waals surface area (Å²) in [4.78, 5) is 15.0. The Labute approximate surface area is 185 Å². The van der Waals surface area contributed by atoms with Gasteiger partial charge in [0.05, 0.1) is 10.7 Å². The standard InChI is InChI=1S/C23H24ClFN4O2/c1-28-21(8-9-26-28)18-15-17(27-23(30)16-4-6-20(25)19(24)14-16)5-7-22(18)31-13-12-29-10-2-3-11-29/h4-9,14-15H,2-3,10-13H2,1H3,(H,27,30). The third kappa shape index (κ3) is 5.06. The maximum atomic E-state index is 13.4. The fraction of sp³-hybridized carbons (Fsp3) is 0.304. The van der Waals surface area contributed by atoms with Crippen molar-refractivity contribution in [2.75, 3.05) is 31.6 Å². The molecule has 1 N–H and O–H groups in total. The van der Waals surface area contributed by atoms with Crippen molar-refractivity contribution >= 4 is 23.2 Å². The second kappa shape index (κ2) is 9.49. The highest BCUT2D eigenvalue weighted by atomic mass is 35.5. The van der Waals surface area contributed by atoms with Gasteiger partial charge >= 0.3 is 0 Å². The van der Waals surface area contributed by atoms with E-state index >= 15 is 0 Å². The van der Waals surface area contributed by atoms with Crippen LogP contribution in [0.4, 0.5) is 10.1 Å². The molecule has 1 saturated heterocycles. The molecule has 2 heterocycles. The lowest BCUT2D eigenvalue weighted by molar-refractivity contribution is 0.102. The van der Waals surface area contributed by atoms with Crippen molar-refractivity contribution in [2.24, 2.45) is 7.05 Å². The van der Waals surface area contributed by atoms with Gasteiger partial charge in [0.25, 0.3) is 5.91 Å². The summed E-state index contributed by atoms with van der Waals surface area (Å²) in [6.07, 6.45) is 4.21. The van der Waals surface area contributed by atoms with Gasteiger partial charge in [-0.1, -0.05) is 11.6 Å². The molecule has 0 atom stereocenters. The van der Waals surface area contributed by atoms with E-state index in [1.165, 1.54) is 31.0 Å². The molecule has 3 aromatic rings. The Balaban J connectivity index is 1.54. The monoisotopic (exact) mass is 442 g/mol. The summed E-state index contributed by atoms with van der Waals surface area (Å²) in [5, 5.41) is 7.00. The smallest absolute Gasteiger partial charge is 0.255 e. The molecule has 0 saturated carbocycles. The van der Waals surface area contributed by atoms with E-state index in [4.69, 9.17) is 16.3 Å². The third-order valence-electron chi connectivity index (χ3n) is 5.38. The molecule has 1 aromatic heterocycles. The fourth-order valence-electron chi connectivity index (χ4n) is 3.70. The van der Waals surface area contributed by atoms with E-state index in [1.54, 1.807) is 16.9 Å². The summed E-state index contributed by atoms with van der Waals surface area (Å²) < 4.78 is 21.2. The number of likely N-dealkylation sites (tertiary alicyclic amines) is 1. The van der Waals surface area contributed by atoms with Crippen LogP contribution in [-0.2, 0) is 7.05 Å². The Hall–Kier alpha value is -2.90. The molecule has 1 aliphatic heterocycles. The maximum Gasteiger partial charge on any atom is 0.255 e. The number of nitrogens with zero attached hydrogens (tertiary/aromatic N) is 3. The van der Waals surface area contributed by atoms with Crippen LogP contribution in [0.1, 0.15) is 23.2 Å². The largest absolute Gasteiger partial charge is 0.492 e. The van der Waals surface area contributed by atoms with E-state index in [-0.39, 0.29) is 16.5 Å². The van der Waals surface area contributed by atoms with Crippen LogP contribution in [0, 0.1) is 5.82 Å². The molecule has 0 radical (unpaired) electrons. The van der Waals surface area contributed by atoms with E-state index in [1.807, 2.05) is 25.2 Å². The molecule has 0 spiro atoms. The molecule has 8 heteroatoms. The van der Waals surface area contributed by atoms with Crippen molar-refractivity contribution < 1.29 is 13.9 Å². The Morgan fingerprint density at radius 2 is 2.00 bits per heavy atom. The lowest BCUT2D eigenvalue weighted by Crippen LogP contribution is -2.25. The van der Waals surface area contributed by atoms with Crippen LogP contribution in [0.5, 0.6) is 5.75 Å². The van der Waals surface area contributed by atoms with E-state index < -0.39 is 5.82 Å². The predicted molar refractivity (Wildman–Crippen MR) is 119 cm³/mol. The number of aryl methyl sites for hydroxylation is 1. The summed E-state index contributed by atoms with van der Waals surface area (Å²) in [6, 6.07) is 11.3. The highest BCUT2D eigenvalue weighted by Crippen LogP contribution is 2.33. The number of hydrogen-bond acceptors (Lipinski definition) is 4. The first-order valence-electron chi connectivity index (χ1n) is 10.3. The van der Waals surface area contributed by atoms with Crippen LogP contribution >= 0.6 is 11.6 Å². The number of halogens is 2. The summed E-state index contributed by atoms with van der Waals surface area (Å²) in [6.45, 7) is 3.71. The van der Waals surface area contributed by atoms with Gasteiger partial charge in [0, 0.05) is 36.6 Å². The van der Waals surface area contributed by atoms with Gasteiger partial charge < -0.3 is 10.1 Å². The predicted octanol–water partition coefficient (Wildman–Crippen LogP) is 4.61. The highest BCUT2D eigenvalue weighted by Gasteiger charge is 2.15. The normalized spacial score (nSPS) is 14.0. The van der Waals surface area contributed by atoms with Crippen LogP contribution in [-0.4, -0.2) is 46.8 Å². The number of ether oxygens (including phenoxy) is 1. The molecule has 1 amide bonds. The van der Waals surface area contributed by atoms with Gasteiger partial charge in [-0.2, -0.15) is 5.10 Å². The first-order chi connectivity index (χ1) is 15.0. The minimum absolute atomic E-state index is 0.0926. The number of aromatic nitrogens is 2. The summed E-state index contributed by atoms with van der Waals surface area (Å²) >= 11 is 5.80. The average molecular weight is 443 g/mol. The first-order valence-corrected chi connectivity index (χ1v) is 10.6. The average Bonchev–Trinajstić information content (AvgIpc) is 3.42. The zero-order valence-corrected chi connectivity index (χ0v) is 18.0. The van der Waals surface area contributed by atoms with Crippen molar-refractivity contribution in [3.05, 3.63) is 65.1 Å². The SMILES string of the molecule is Cn1nccc1-c1cc(NC(=O)c2ccc(F)c(Cl)c2)ccc1OCCN1CCCC1. The molecule has 31 heavy (non-hydrogen) atoms. The summed E-state index contributed by atoms with van der Waals surface area (Å²) in [5.74, 6) is -0.210. The molecule has 2 aromatic carbocycles. The minimum Gasteiger partial charge on any atom is -0.492 e. The number of hydrogen-bond donors (Lipinski definition) is 1. The molecular formula is C23H24ClFN4O2. The summed E-state index contributed by atoms with van der Waals surface area (Å²) in [5.41, 5.74) is 2.57. The van der Waals surface area contributed by atoms with Gasteiger partial charge in [-0.05, 0) is 68.4 Å². The number of benzene rings is 2. The van der Waals surface area contributed by atoms with E-state index in [2.05, 4.69) is 15.3 Å². The van der Waals surface area contributed by atoms with Crippen molar-refractivity contribution in [1.82, 2.24) is 14.7 Å². The summed E-state index contributed by atoms with van der Waals surface area (Å²) in [7, 11) is 1.86. The molecule has 6 nitrogen and oxygen atoms in total. The van der Waals surface area contributed by atoms with Gasteiger partial charge in [0.1, 0.15) is 18.2 Å². The number of carbonyl (C=O) groups is 1. The molecule has 1 aliphatic rings. The number of amides is 1. The van der Waals surface area contributed by atoms with Crippen molar-refractivity contribution in [3.8, 4) is 17.0 Å². The van der Waals surface area contributed by atoms with Crippen LogP contribution in [0.3, 0.4) is 0 Å². The van der Waals surface area contributed by atoms with Crippen LogP contribution in [0.25, 0.3) is 11.3 Å². The Morgan fingerprint density at radius 1 is 1.19 bits per heavy atom. The van der Waals surface area contributed by atoms with Gasteiger partial charge in [-0.25, -0.2) is 4.39 Å². The quantitative estimate of drug-likeness (QED) is 0.580. The Bertz CT molecular complexity index is 1080. The zero-order chi connectivity index (χ0) is 21.8. The van der Waals surface area contributed by atoms with Crippen molar-refractivity contribution in [1.29, 1.82) is 0 Å². The van der Waals surface area contributed by atoms with E-state index in [0.717, 1.165) is 36.6 Å². The number of nitrogens with one attached hydrogen (secondary N) is 1. The molecule has 0 bridgehead atoms. The van der Waals surface area contributed by atoms with Gasteiger partial charge in [0.15, 0.2) is 0 Å². The van der Waals surface area contributed by atoms with Crippen molar-refractivity contribution in [2.45, 2.75) is 12.8 Å². The van der Waals surface area contributed by atoms with E-state index in [0.29, 0.717) is 12.3 Å². The highest BCUT2D eigenvalue weighted by molar-refractivity contribution is 6.31. The molecule has 0 unspecified atom stereocenters. The fourth-order valence-corrected chi connectivity index (χ4v) is 3.88. The topological polar surface area (TPSA) is 59.4 Å². The van der Waals surface area contributed by atoms with Crippen molar-refractivity contribution in [3.63, 3.8) is 0 Å². The van der Waals surface area contributed by atoms with Gasteiger partial charge in [-0.3, -0.25) is 14.4 Å². The molecule has 1 fully saturated rings. The number of anilines is 1. The second-order valence-electron chi connectivity index (χ2n) is 7.53. The third-order valence-corrected chi connectivity index (χ3v) is 5.67. The van der Waals surface area contributed by atoms with Crippen LogP contribution in [0.15, 0.2) is 48.7 Å². The molecular weight excluding hydrogens is 419 g/mol. The lowest BCUT2D eigenvalue weighted by atomic mass is 10.1. The van der Waals surface area contributed by atoms with Gasteiger partial charge in [-0.15, -0.1) is 0 Å². The maximum absolute atomic E-state index is 13.4. The number of rotatable bonds is 7. The molecule has 0 aliphatic carbocycles.